The largest absolute Gasteiger partial charge is 0.468 e. The van der Waals surface area contributed by atoms with E-state index in [1.54, 1.807) is 41.3 Å². The normalized spacial score (nSPS) is 11.6. The first-order chi connectivity index (χ1) is 17.3. The number of aryl methyl sites for hydroxylation is 2. The van der Waals surface area contributed by atoms with Crippen LogP contribution in [0.3, 0.4) is 0 Å². The van der Waals surface area contributed by atoms with E-state index in [-0.39, 0.29) is 30.4 Å². The van der Waals surface area contributed by atoms with Crippen molar-refractivity contribution in [3.63, 3.8) is 0 Å². The molecule has 4 aromatic rings. The number of carbonyl (C=O) groups excluding carboxylic acids is 1. The summed E-state index contributed by atoms with van der Waals surface area (Å²) < 4.78 is 39.4. The summed E-state index contributed by atoms with van der Waals surface area (Å²) in [7, 11) is -3.96. The first-order valence-electron chi connectivity index (χ1n) is 11.8. The summed E-state index contributed by atoms with van der Waals surface area (Å²) in [5.41, 5.74) is 2.04. The Kier molecular flexibility index (Phi) is 8.07. The summed E-state index contributed by atoms with van der Waals surface area (Å²) >= 11 is 0. The number of carbonyl (C=O) groups is 1. The fourth-order valence-corrected chi connectivity index (χ4v) is 5.23. The highest BCUT2D eigenvalue weighted by Gasteiger charge is 2.30. The highest BCUT2D eigenvalue weighted by atomic mass is 32.2. The van der Waals surface area contributed by atoms with E-state index in [0.717, 1.165) is 16.9 Å². The molecule has 1 amide bonds. The van der Waals surface area contributed by atoms with Crippen LogP contribution in [0.1, 0.15) is 28.4 Å². The summed E-state index contributed by atoms with van der Waals surface area (Å²) in [6.45, 7) is 4.02. The van der Waals surface area contributed by atoms with Gasteiger partial charge in [-0.3, -0.25) is 4.79 Å². The Balaban J connectivity index is 1.59. The predicted molar refractivity (Wildman–Crippen MR) is 136 cm³/mol. The van der Waals surface area contributed by atoms with Crippen LogP contribution >= 0.6 is 0 Å². The molecule has 0 bridgehead atoms. The SMILES string of the molecule is Cc1ccc(S(=O)(=O)N(CC(=O)N(CCc2ccccc2)Cc2ccc(C)o2)Cc2ccco2)cc1. The Morgan fingerprint density at radius 1 is 0.833 bits per heavy atom. The first-order valence-corrected chi connectivity index (χ1v) is 13.2. The third kappa shape index (κ3) is 6.53. The molecule has 0 saturated heterocycles. The Bertz CT molecular complexity index is 1360. The molecule has 7 nitrogen and oxygen atoms in total. The van der Waals surface area contributed by atoms with Gasteiger partial charge in [0.05, 0.1) is 30.8 Å². The molecule has 0 atom stereocenters. The fraction of sp³-hybridized carbons (Fsp3) is 0.250. The zero-order valence-electron chi connectivity index (χ0n) is 20.5. The standard InChI is InChI=1S/C28H30N2O5S/c1-22-10-14-27(15-11-22)36(32,33)30(20-25-9-6-18-34-25)21-28(31)29(19-26-13-12-23(2)35-26)17-16-24-7-4-3-5-8-24/h3-15,18H,16-17,19-21H2,1-2H3. The third-order valence-electron chi connectivity index (χ3n) is 5.89. The molecule has 2 aromatic carbocycles. The van der Waals surface area contributed by atoms with Crippen molar-refractivity contribution in [1.82, 2.24) is 9.21 Å². The van der Waals surface area contributed by atoms with Crippen LogP contribution in [-0.4, -0.2) is 36.6 Å². The number of amides is 1. The first kappa shape index (κ1) is 25.5. The van der Waals surface area contributed by atoms with Gasteiger partial charge in [-0.15, -0.1) is 0 Å². The molecule has 0 unspecified atom stereocenters. The maximum atomic E-state index is 13.6. The van der Waals surface area contributed by atoms with Crippen molar-refractivity contribution in [1.29, 1.82) is 0 Å². The van der Waals surface area contributed by atoms with Crippen molar-refractivity contribution >= 4 is 15.9 Å². The van der Waals surface area contributed by atoms with Crippen LogP contribution in [0.5, 0.6) is 0 Å². The number of hydrogen-bond acceptors (Lipinski definition) is 5. The van der Waals surface area contributed by atoms with Crippen molar-refractivity contribution in [3.8, 4) is 0 Å². The highest BCUT2D eigenvalue weighted by molar-refractivity contribution is 7.89. The number of hydrogen-bond donors (Lipinski definition) is 0. The topological polar surface area (TPSA) is 84.0 Å². The monoisotopic (exact) mass is 506 g/mol. The Morgan fingerprint density at radius 2 is 1.58 bits per heavy atom. The molecule has 188 valence electrons. The highest BCUT2D eigenvalue weighted by Crippen LogP contribution is 2.20. The molecule has 0 aliphatic heterocycles. The molecule has 0 fully saturated rings. The van der Waals surface area contributed by atoms with Gasteiger partial charge in [-0.1, -0.05) is 48.0 Å². The second-order valence-corrected chi connectivity index (χ2v) is 10.7. The van der Waals surface area contributed by atoms with Crippen LogP contribution in [0, 0.1) is 13.8 Å². The minimum atomic E-state index is -3.96. The summed E-state index contributed by atoms with van der Waals surface area (Å²) in [5, 5.41) is 0. The van der Waals surface area contributed by atoms with Crippen LogP contribution in [0.25, 0.3) is 0 Å². The van der Waals surface area contributed by atoms with Gasteiger partial charge >= 0.3 is 0 Å². The van der Waals surface area contributed by atoms with Gasteiger partial charge in [0.25, 0.3) is 0 Å². The van der Waals surface area contributed by atoms with E-state index in [0.29, 0.717) is 24.5 Å². The lowest BCUT2D eigenvalue weighted by Gasteiger charge is -2.26. The summed E-state index contributed by atoms with van der Waals surface area (Å²) in [6, 6.07) is 23.5. The molecule has 2 heterocycles. The van der Waals surface area contributed by atoms with Gasteiger partial charge in [-0.2, -0.15) is 4.31 Å². The molecule has 4 rings (SSSR count). The van der Waals surface area contributed by atoms with E-state index < -0.39 is 10.0 Å². The Labute approximate surface area is 212 Å². The van der Waals surface area contributed by atoms with Crippen molar-refractivity contribution in [3.05, 3.63) is 114 Å². The van der Waals surface area contributed by atoms with Gasteiger partial charge < -0.3 is 13.7 Å². The second kappa shape index (κ2) is 11.4. The minimum absolute atomic E-state index is 0.0542. The number of furan rings is 2. The molecule has 2 aromatic heterocycles. The van der Waals surface area contributed by atoms with Crippen molar-refractivity contribution in [2.45, 2.75) is 38.3 Å². The summed E-state index contributed by atoms with van der Waals surface area (Å²) in [5.74, 6) is 1.54. The zero-order chi connectivity index (χ0) is 25.5. The van der Waals surface area contributed by atoms with Crippen LogP contribution in [0.15, 0.2) is 98.9 Å². The smallest absolute Gasteiger partial charge is 0.243 e. The lowest BCUT2D eigenvalue weighted by molar-refractivity contribution is -0.132. The third-order valence-corrected chi connectivity index (χ3v) is 7.70. The molecule has 36 heavy (non-hydrogen) atoms. The number of benzene rings is 2. The van der Waals surface area contributed by atoms with Crippen molar-refractivity contribution < 1.29 is 22.0 Å². The molecule has 0 aliphatic rings. The molecular weight excluding hydrogens is 476 g/mol. The van der Waals surface area contributed by atoms with E-state index in [9.17, 15) is 13.2 Å². The van der Waals surface area contributed by atoms with Gasteiger partial charge in [0.15, 0.2) is 0 Å². The number of rotatable bonds is 11. The van der Waals surface area contributed by atoms with Crippen LogP contribution in [-0.2, 0) is 34.3 Å². The molecule has 0 radical (unpaired) electrons. The van der Waals surface area contributed by atoms with E-state index in [1.807, 2.05) is 56.3 Å². The van der Waals surface area contributed by atoms with E-state index in [2.05, 4.69) is 0 Å². The molecule has 8 heteroatoms. The summed E-state index contributed by atoms with van der Waals surface area (Å²) in [6.07, 6.45) is 2.12. The molecular formula is C28H30N2O5S. The van der Waals surface area contributed by atoms with Gasteiger partial charge in [-0.05, 0) is 62.2 Å². The van der Waals surface area contributed by atoms with Gasteiger partial charge in [0, 0.05) is 6.54 Å². The zero-order valence-corrected chi connectivity index (χ0v) is 21.3. The number of nitrogens with zero attached hydrogens (tertiary/aromatic N) is 2. The van der Waals surface area contributed by atoms with Crippen molar-refractivity contribution in [2.24, 2.45) is 0 Å². The molecule has 0 spiro atoms. The Hall–Kier alpha value is -3.62. The average Bonchev–Trinajstić information content (AvgIpc) is 3.53. The predicted octanol–water partition coefficient (Wildman–Crippen LogP) is 4.95. The lowest BCUT2D eigenvalue weighted by atomic mass is 10.1. The Morgan fingerprint density at radius 3 is 2.22 bits per heavy atom. The van der Waals surface area contributed by atoms with E-state index in [4.69, 9.17) is 8.83 Å². The average molecular weight is 507 g/mol. The van der Waals surface area contributed by atoms with Gasteiger partial charge in [0.2, 0.25) is 15.9 Å². The maximum absolute atomic E-state index is 13.6. The van der Waals surface area contributed by atoms with E-state index in [1.165, 1.54) is 10.6 Å². The maximum Gasteiger partial charge on any atom is 0.243 e. The fourth-order valence-electron chi connectivity index (χ4n) is 3.87. The summed E-state index contributed by atoms with van der Waals surface area (Å²) in [4.78, 5) is 15.4. The van der Waals surface area contributed by atoms with E-state index >= 15 is 0 Å². The van der Waals surface area contributed by atoms with Crippen LogP contribution < -0.4 is 0 Å². The molecule has 0 saturated carbocycles. The van der Waals surface area contributed by atoms with Crippen LogP contribution in [0.4, 0.5) is 0 Å². The van der Waals surface area contributed by atoms with Crippen molar-refractivity contribution in [2.75, 3.05) is 13.1 Å². The quantitative estimate of drug-likeness (QED) is 0.287. The second-order valence-electron chi connectivity index (χ2n) is 8.73. The minimum Gasteiger partial charge on any atom is -0.468 e. The van der Waals surface area contributed by atoms with Gasteiger partial charge in [-0.25, -0.2) is 8.42 Å². The lowest BCUT2D eigenvalue weighted by Crippen LogP contribution is -2.43. The van der Waals surface area contributed by atoms with Crippen LogP contribution in [0.2, 0.25) is 0 Å². The van der Waals surface area contributed by atoms with Gasteiger partial charge in [0.1, 0.15) is 17.3 Å². The molecule has 0 N–H and O–H groups in total. The number of sulfonamides is 1. The molecule has 0 aliphatic carbocycles.